The van der Waals surface area contributed by atoms with Crippen molar-refractivity contribution in [3.63, 3.8) is 0 Å². The Morgan fingerprint density at radius 2 is 2.10 bits per heavy atom. The van der Waals surface area contributed by atoms with Crippen LogP contribution in [-0.4, -0.2) is 49.7 Å². The summed E-state index contributed by atoms with van der Waals surface area (Å²) in [6.07, 6.45) is 1.02. The minimum Gasteiger partial charge on any atom is -0.477 e. The number of nitrogens with zero attached hydrogens (tertiary/aromatic N) is 1. The molecule has 0 saturated carbocycles. The average molecular weight is 450 g/mol. The SMILES string of the molecule is Cc1cc(=O)oc2c3c(c(CCC(=O)OC(C)C)cc12)OCN(C1CCS(=O)(=O)C1)C3. The van der Waals surface area contributed by atoms with Crippen LogP contribution in [0.2, 0.25) is 0 Å². The largest absolute Gasteiger partial charge is 0.477 e. The van der Waals surface area contributed by atoms with E-state index in [9.17, 15) is 18.0 Å². The van der Waals surface area contributed by atoms with Crippen LogP contribution < -0.4 is 10.4 Å². The number of fused-ring (bicyclic) bond motifs is 3. The van der Waals surface area contributed by atoms with Crippen LogP contribution in [0.5, 0.6) is 5.75 Å². The highest BCUT2D eigenvalue weighted by molar-refractivity contribution is 7.91. The molecule has 0 aliphatic carbocycles. The van der Waals surface area contributed by atoms with Gasteiger partial charge in [0.1, 0.15) is 18.1 Å². The summed E-state index contributed by atoms with van der Waals surface area (Å²) < 4.78 is 40.7. The first-order chi connectivity index (χ1) is 14.6. The molecule has 0 N–H and O–H groups in total. The zero-order valence-corrected chi connectivity index (χ0v) is 18.8. The molecule has 0 radical (unpaired) electrons. The Kier molecular flexibility index (Phi) is 5.83. The van der Waals surface area contributed by atoms with Crippen molar-refractivity contribution in [3.8, 4) is 5.75 Å². The van der Waals surface area contributed by atoms with Crippen LogP contribution in [0.1, 0.15) is 43.4 Å². The van der Waals surface area contributed by atoms with Gasteiger partial charge in [-0.1, -0.05) is 0 Å². The zero-order valence-electron chi connectivity index (χ0n) is 18.0. The van der Waals surface area contributed by atoms with Gasteiger partial charge in [0.15, 0.2) is 9.84 Å². The molecule has 2 aliphatic rings. The smallest absolute Gasteiger partial charge is 0.336 e. The van der Waals surface area contributed by atoms with E-state index >= 15 is 0 Å². The molecule has 4 rings (SSSR count). The molecule has 168 valence electrons. The van der Waals surface area contributed by atoms with Gasteiger partial charge in [0.2, 0.25) is 0 Å². The summed E-state index contributed by atoms with van der Waals surface area (Å²) in [6.45, 7) is 6.12. The molecule has 0 amide bonds. The van der Waals surface area contributed by atoms with Crippen molar-refractivity contribution in [1.29, 1.82) is 0 Å². The summed E-state index contributed by atoms with van der Waals surface area (Å²) in [5.41, 5.74) is 2.36. The van der Waals surface area contributed by atoms with Gasteiger partial charge < -0.3 is 13.9 Å². The molecule has 0 bridgehead atoms. The lowest BCUT2D eigenvalue weighted by atomic mass is 9.97. The monoisotopic (exact) mass is 449 g/mol. The van der Waals surface area contributed by atoms with E-state index < -0.39 is 15.5 Å². The van der Waals surface area contributed by atoms with Crippen LogP contribution in [0.15, 0.2) is 21.3 Å². The van der Waals surface area contributed by atoms with Crippen molar-refractivity contribution in [2.45, 2.75) is 58.7 Å². The standard InChI is InChI=1S/C22H27NO7S/c1-13(2)29-19(24)5-4-15-9-17-14(3)8-20(25)30-22(17)18-10-23(12-28-21(15)18)16-6-7-31(26,27)11-16/h8-9,13,16H,4-7,10-12H2,1-3H3. The van der Waals surface area contributed by atoms with Crippen LogP contribution in [0.3, 0.4) is 0 Å². The van der Waals surface area contributed by atoms with Crippen LogP contribution >= 0.6 is 0 Å². The maximum absolute atomic E-state index is 12.1. The van der Waals surface area contributed by atoms with Gasteiger partial charge in [0, 0.05) is 30.5 Å². The Balaban J connectivity index is 1.71. The predicted molar refractivity (Wildman–Crippen MR) is 115 cm³/mol. The number of aryl methyl sites for hydroxylation is 2. The Hall–Kier alpha value is -2.39. The molecule has 1 aromatic carbocycles. The van der Waals surface area contributed by atoms with Gasteiger partial charge in [-0.2, -0.15) is 0 Å². The molecule has 1 aromatic heterocycles. The highest BCUT2D eigenvalue weighted by atomic mass is 32.2. The minimum atomic E-state index is -3.04. The Morgan fingerprint density at radius 1 is 1.32 bits per heavy atom. The molecular weight excluding hydrogens is 422 g/mol. The third-order valence-electron chi connectivity index (χ3n) is 5.79. The molecular formula is C22H27NO7S. The lowest BCUT2D eigenvalue weighted by Gasteiger charge is -2.34. The highest BCUT2D eigenvalue weighted by Crippen LogP contribution is 2.38. The van der Waals surface area contributed by atoms with E-state index in [1.54, 1.807) is 0 Å². The van der Waals surface area contributed by atoms with Crippen LogP contribution in [0.4, 0.5) is 0 Å². The molecule has 8 nitrogen and oxygen atoms in total. The Morgan fingerprint density at radius 3 is 2.77 bits per heavy atom. The molecule has 1 atom stereocenters. The molecule has 9 heteroatoms. The second kappa shape index (κ2) is 8.27. The van der Waals surface area contributed by atoms with Gasteiger partial charge in [0.25, 0.3) is 0 Å². The van der Waals surface area contributed by atoms with Crippen LogP contribution in [-0.2, 0) is 32.3 Å². The first kappa shape index (κ1) is 21.8. The quantitative estimate of drug-likeness (QED) is 0.506. The summed E-state index contributed by atoms with van der Waals surface area (Å²) in [5, 5.41) is 0.787. The average Bonchev–Trinajstić information content (AvgIpc) is 3.05. The van der Waals surface area contributed by atoms with Crippen molar-refractivity contribution in [2.24, 2.45) is 0 Å². The zero-order chi connectivity index (χ0) is 22.3. The predicted octanol–water partition coefficient (Wildman–Crippen LogP) is 2.32. The lowest BCUT2D eigenvalue weighted by molar-refractivity contribution is -0.147. The topological polar surface area (TPSA) is 103 Å². The molecule has 31 heavy (non-hydrogen) atoms. The number of rotatable bonds is 5. The molecule has 2 aromatic rings. The van der Waals surface area contributed by atoms with Crippen molar-refractivity contribution in [3.05, 3.63) is 39.2 Å². The van der Waals surface area contributed by atoms with Crippen molar-refractivity contribution >= 4 is 26.8 Å². The van der Waals surface area contributed by atoms with Gasteiger partial charge in [-0.25, -0.2) is 13.2 Å². The first-order valence-electron chi connectivity index (χ1n) is 10.5. The second-order valence-electron chi connectivity index (χ2n) is 8.58. The minimum absolute atomic E-state index is 0.104. The van der Waals surface area contributed by atoms with Gasteiger partial charge in [-0.05, 0) is 50.8 Å². The van der Waals surface area contributed by atoms with Crippen LogP contribution in [0, 0.1) is 6.92 Å². The second-order valence-corrected chi connectivity index (χ2v) is 10.8. The van der Waals surface area contributed by atoms with E-state index in [-0.39, 0.29) is 42.8 Å². The number of esters is 1. The molecule has 1 fully saturated rings. The summed E-state index contributed by atoms with van der Waals surface area (Å²) in [5.74, 6) is 0.603. The number of ether oxygens (including phenoxy) is 2. The fourth-order valence-corrected chi connectivity index (χ4v) is 6.08. The molecule has 1 unspecified atom stereocenters. The molecule has 2 aliphatic heterocycles. The number of hydrogen-bond acceptors (Lipinski definition) is 8. The normalized spacial score (nSPS) is 20.6. The van der Waals surface area contributed by atoms with Crippen molar-refractivity contribution in [1.82, 2.24) is 4.90 Å². The van der Waals surface area contributed by atoms with Gasteiger partial charge in [-0.15, -0.1) is 0 Å². The fourth-order valence-electron chi connectivity index (χ4n) is 4.32. The van der Waals surface area contributed by atoms with Crippen LogP contribution in [0.25, 0.3) is 11.0 Å². The lowest BCUT2D eigenvalue weighted by Crippen LogP contribution is -2.41. The van der Waals surface area contributed by atoms with E-state index in [1.807, 2.05) is 31.7 Å². The molecule has 0 spiro atoms. The van der Waals surface area contributed by atoms with Gasteiger partial charge >= 0.3 is 11.6 Å². The number of carbonyl (C=O) groups is 1. The first-order valence-corrected chi connectivity index (χ1v) is 12.3. The van der Waals surface area contributed by atoms with Crippen molar-refractivity contribution < 1.29 is 27.1 Å². The highest BCUT2D eigenvalue weighted by Gasteiger charge is 2.36. The number of hydrogen-bond donors (Lipinski definition) is 0. The molecule has 3 heterocycles. The third kappa shape index (κ3) is 4.62. The van der Waals surface area contributed by atoms with E-state index in [1.165, 1.54) is 6.07 Å². The Bertz CT molecular complexity index is 1180. The summed E-state index contributed by atoms with van der Waals surface area (Å²) in [7, 11) is -3.04. The number of benzene rings is 1. The maximum Gasteiger partial charge on any atom is 0.336 e. The molecule has 1 saturated heterocycles. The summed E-state index contributed by atoms with van der Waals surface area (Å²) >= 11 is 0. The van der Waals surface area contributed by atoms with E-state index in [2.05, 4.69) is 0 Å². The van der Waals surface area contributed by atoms with E-state index in [0.29, 0.717) is 30.7 Å². The van der Waals surface area contributed by atoms with E-state index in [0.717, 1.165) is 22.1 Å². The third-order valence-corrected chi connectivity index (χ3v) is 7.54. The number of carbonyl (C=O) groups excluding carboxylic acids is 1. The fraction of sp³-hybridized carbons (Fsp3) is 0.545. The number of sulfone groups is 1. The van der Waals surface area contributed by atoms with Gasteiger partial charge in [0.05, 0.1) is 23.2 Å². The summed E-state index contributed by atoms with van der Waals surface area (Å²) in [4.78, 5) is 26.1. The Labute approximate surface area is 181 Å². The van der Waals surface area contributed by atoms with E-state index in [4.69, 9.17) is 13.9 Å². The maximum atomic E-state index is 12.1. The summed E-state index contributed by atoms with van der Waals surface area (Å²) in [6, 6.07) is 3.22. The van der Waals surface area contributed by atoms with Gasteiger partial charge in [-0.3, -0.25) is 9.69 Å². The van der Waals surface area contributed by atoms with Crippen molar-refractivity contribution in [2.75, 3.05) is 18.2 Å².